The van der Waals surface area contributed by atoms with E-state index >= 15 is 0 Å². The number of anilines is 2. The molecule has 0 aliphatic heterocycles. The molecule has 3 nitrogen and oxygen atoms in total. The van der Waals surface area contributed by atoms with Crippen molar-refractivity contribution in [3.8, 4) is 0 Å². The van der Waals surface area contributed by atoms with Gasteiger partial charge >= 0.3 is 0 Å². The van der Waals surface area contributed by atoms with E-state index in [0.29, 0.717) is 13.0 Å². The molecule has 4 heteroatoms. The van der Waals surface area contributed by atoms with Crippen molar-refractivity contribution in [2.75, 3.05) is 17.2 Å². The van der Waals surface area contributed by atoms with Crippen molar-refractivity contribution >= 4 is 33.2 Å². The number of carbonyl (C=O) groups excluding carboxylic acids is 1. The zero-order chi connectivity index (χ0) is 14.4. The zero-order valence-electron chi connectivity index (χ0n) is 11.3. The lowest BCUT2D eigenvalue weighted by Gasteiger charge is -2.09. The number of carbonyl (C=O) groups is 1. The summed E-state index contributed by atoms with van der Waals surface area (Å²) < 4.78 is 0.952. The van der Waals surface area contributed by atoms with Crippen molar-refractivity contribution in [1.29, 1.82) is 0 Å². The molecule has 0 atom stereocenters. The fourth-order valence-electron chi connectivity index (χ4n) is 1.87. The summed E-state index contributed by atoms with van der Waals surface area (Å²) in [6, 6.07) is 15.6. The molecule has 2 aromatic rings. The second kappa shape index (κ2) is 7.10. The van der Waals surface area contributed by atoms with Gasteiger partial charge in [0.2, 0.25) is 5.91 Å². The van der Waals surface area contributed by atoms with E-state index in [1.165, 1.54) is 5.56 Å². The molecule has 0 aliphatic rings. The monoisotopic (exact) mass is 332 g/mol. The van der Waals surface area contributed by atoms with Crippen LogP contribution in [0.15, 0.2) is 53.0 Å². The van der Waals surface area contributed by atoms with Crippen molar-refractivity contribution in [1.82, 2.24) is 0 Å². The topological polar surface area (TPSA) is 41.1 Å². The fraction of sp³-hybridized carbons (Fsp3) is 0.188. The smallest absolute Gasteiger partial charge is 0.226 e. The molecule has 1 amide bonds. The molecule has 20 heavy (non-hydrogen) atoms. The Morgan fingerprint density at radius 2 is 1.95 bits per heavy atom. The standard InChI is InChI=1S/C16H17BrN2O/c1-12-5-2-3-8-15(12)18-10-9-16(20)19-14-7-4-6-13(17)11-14/h2-8,11,18H,9-10H2,1H3,(H,19,20). The van der Waals surface area contributed by atoms with Crippen LogP contribution in [0.2, 0.25) is 0 Å². The van der Waals surface area contributed by atoms with Gasteiger partial charge in [-0.25, -0.2) is 0 Å². The van der Waals surface area contributed by atoms with E-state index in [9.17, 15) is 4.79 Å². The molecule has 0 spiro atoms. The van der Waals surface area contributed by atoms with Crippen LogP contribution < -0.4 is 10.6 Å². The number of benzene rings is 2. The van der Waals surface area contributed by atoms with E-state index in [0.717, 1.165) is 15.8 Å². The first-order chi connectivity index (χ1) is 9.65. The molecule has 2 N–H and O–H groups in total. The Kier molecular flexibility index (Phi) is 5.18. The highest BCUT2D eigenvalue weighted by Gasteiger charge is 2.03. The molecule has 0 bridgehead atoms. The Morgan fingerprint density at radius 3 is 2.70 bits per heavy atom. The molecule has 0 saturated heterocycles. The molecule has 0 radical (unpaired) electrons. The first kappa shape index (κ1) is 14.6. The lowest BCUT2D eigenvalue weighted by atomic mass is 10.2. The quantitative estimate of drug-likeness (QED) is 0.861. The third-order valence-electron chi connectivity index (χ3n) is 2.92. The van der Waals surface area contributed by atoms with Gasteiger partial charge in [-0.1, -0.05) is 40.2 Å². The summed E-state index contributed by atoms with van der Waals surface area (Å²) in [5.74, 6) is 0.00387. The van der Waals surface area contributed by atoms with Crippen LogP contribution in [0, 0.1) is 6.92 Å². The molecule has 0 unspecified atom stereocenters. The largest absolute Gasteiger partial charge is 0.384 e. The summed E-state index contributed by atoms with van der Waals surface area (Å²) in [5.41, 5.74) is 3.06. The molecule has 0 aliphatic carbocycles. The minimum absolute atomic E-state index is 0.00387. The number of rotatable bonds is 5. The lowest BCUT2D eigenvalue weighted by molar-refractivity contribution is -0.115. The molecule has 0 heterocycles. The molecular weight excluding hydrogens is 316 g/mol. The molecule has 0 aromatic heterocycles. The predicted molar refractivity (Wildman–Crippen MR) is 87.1 cm³/mol. The maximum atomic E-state index is 11.8. The second-order valence-corrected chi connectivity index (χ2v) is 5.47. The Labute approximate surface area is 127 Å². The Morgan fingerprint density at radius 1 is 1.15 bits per heavy atom. The van der Waals surface area contributed by atoms with Gasteiger partial charge in [0.15, 0.2) is 0 Å². The third-order valence-corrected chi connectivity index (χ3v) is 3.41. The highest BCUT2D eigenvalue weighted by molar-refractivity contribution is 9.10. The van der Waals surface area contributed by atoms with E-state index in [4.69, 9.17) is 0 Å². The second-order valence-electron chi connectivity index (χ2n) is 4.55. The van der Waals surface area contributed by atoms with Crippen LogP contribution in [0.5, 0.6) is 0 Å². The maximum Gasteiger partial charge on any atom is 0.226 e. The highest BCUT2D eigenvalue weighted by Crippen LogP contribution is 2.16. The van der Waals surface area contributed by atoms with Crippen LogP contribution in [0.3, 0.4) is 0 Å². The van der Waals surface area contributed by atoms with Gasteiger partial charge in [-0.05, 0) is 36.8 Å². The maximum absolute atomic E-state index is 11.8. The summed E-state index contributed by atoms with van der Waals surface area (Å²) in [4.78, 5) is 11.8. The average Bonchev–Trinajstić information content (AvgIpc) is 2.41. The molecule has 2 rings (SSSR count). The summed E-state index contributed by atoms with van der Waals surface area (Å²) in [6.07, 6.45) is 0.431. The average molecular weight is 333 g/mol. The Balaban J connectivity index is 1.80. The van der Waals surface area contributed by atoms with Crippen molar-refractivity contribution in [2.24, 2.45) is 0 Å². The fourth-order valence-corrected chi connectivity index (χ4v) is 2.27. The minimum Gasteiger partial charge on any atom is -0.384 e. The lowest BCUT2D eigenvalue weighted by Crippen LogP contribution is -2.16. The summed E-state index contributed by atoms with van der Waals surface area (Å²) in [6.45, 7) is 2.66. The van der Waals surface area contributed by atoms with Gasteiger partial charge in [0, 0.05) is 28.8 Å². The number of amides is 1. The van der Waals surface area contributed by atoms with Gasteiger partial charge in [-0.3, -0.25) is 4.79 Å². The van der Waals surface area contributed by atoms with Crippen molar-refractivity contribution in [3.63, 3.8) is 0 Å². The Hall–Kier alpha value is -1.81. The molecular formula is C16H17BrN2O. The van der Waals surface area contributed by atoms with Crippen molar-refractivity contribution in [2.45, 2.75) is 13.3 Å². The zero-order valence-corrected chi connectivity index (χ0v) is 12.9. The summed E-state index contributed by atoms with van der Waals surface area (Å²) in [5, 5.41) is 6.15. The van der Waals surface area contributed by atoms with Crippen molar-refractivity contribution in [3.05, 3.63) is 58.6 Å². The van der Waals surface area contributed by atoms with Gasteiger partial charge < -0.3 is 10.6 Å². The van der Waals surface area contributed by atoms with E-state index in [2.05, 4.69) is 26.6 Å². The van der Waals surface area contributed by atoms with E-state index in [-0.39, 0.29) is 5.91 Å². The SMILES string of the molecule is Cc1ccccc1NCCC(=O)Nc1cccc(Br)c1. The third kappa shape index (κ3) is 4.38. The van der Waals surface area contributed by atoms with Gasteiger partial charge in [-0.15, -0.1) is 0 Å². The molecule has 0 fully saturated rings. The van der Waals surface area contributed by atoms with Gasteiger partial charge in [0.05, 0.1) is 0 Å². The first-order valence-electron chi connectivity index (χ1n) is 6.50. The Bertz CT molecular complexity index is 599. The van der Waals surface area contributed by atoms with E-state index in [1.54, 1.807) is 0 Å². The first-order valence-corrected chi connectivity index (χ1v) is 7.29. The van der Waals surface area contributed by atoms with Crippen LogP contribution in [0.25, 0.3) is 0 Å². The summed E-state index contributed by atoms with van der Waals surface area (Å²) >= 11 is 3.38. The van der Waals surface area contributed by atoms with Gasteiger partial charge in [0.25, 0.3) is 0 Å². The minimum atomic E-state index is 0.00387. The van der Waals surface area contributed by atoms with Gasteiger partial charge in [0.1, 0.15) is 0 Å². The van der Waals surface area contributed by atoms with Crippen molar-refractivity contribution < 1.29 is 4.79 Å². The molecule has 2 aromatic carbocycles. The number of hydrogen-bond donors (Lipinski definition) is 2. The van der Waals surface area contributed by atoms with Crippen LogP contribution in [-0.2, 0) is 4.79 Å². The van der Waals surface area contributed by atoms with E-state index in [1.807, 2.05) is 55.5 Å². The highest BCUT2D eigenvalue weighted by atomic mass is 79.9. The summed E-state index contributed by atoms with van der Waals surface area (Å²) in [7, 11) is 0. The number of halogens is 1. The van der Waals surface area contributed by atoms with E-state index < -0.39 is 0 Å². The number of nitrogens with one attached hydrogen (secondary N) is 2. The van der Waals surface area contributed by atoms with Gasteiger partial charge in [-0.2, -0.15) is 0 Å². The van der Waals surface area contributed by atoms with Crippen LogP contribution >= 0.6 is 15.9 Å². The van der Waals surface area contributed by atoms with Crippen LogP contribution in [-0.4, -0.2) is 12.5 Å². The normalized spacial score (nSPS) is 10.1. The predicted octanol–water partition coefficient (Wildman–Crippen LogP) is 4.20. The molecule has 104 valence electrons. The number of aryl methyl sites for hydroxylation is 1. The van der Waals surface area contributed by atoms with Crippen LogP contribution in [0.1, 0.15) is 12.0 Å². The number of para-hydroxylation sites is 1. The van der Waals surface area contributed by atoms with Crippen LogP contribution in [0.4, 0.5) is 11.4 Å². The molecule has 0 saturated carbocycles. The number of hydrogen-bond acceptors (Lipinski definition) is 2.